The first-order valence-electron chi connectivity index (χ1n) is 7.10. The fraction of sp³-hybridized carbons (Fsp3) is 0.647. The second-order valence-electron chi connectivity index (χ2n) is 6.82. The Kier molecular flexibility index (Phi) is 4.98. The normalized spacial score (nSPS) is 12.8. The average Bonchev–Trinajstić information content (AvgIpc) is 2.28. The van der Waals surface area contributed by atoms with E-state index in [1.807, 2.05) is 0 Å². The van der Waals surface area contributed by atoms with Crippen LogP contribution in [0, 0.1) is 5.41 Å². The van der Waals surface area contributed by atoms with Gasteiger partial charge in [-0.1, -0.05) is 58.9 Å². The monoisotopic (exact) mass is 247 g/mol. The molecule has 0 unspecified atom stereocenters. The van der Waals surface area contributed by atoms with E-state index in [-0.39, 0.29) is 5.41 Å². The van der Waals surface area contributed by atoms with Crippen molar-refractivity contribution < 1.29 is 0 Å². The maximum absolute atomic E-state index is 5.69. The smallest absolute Gasteiger partial charge is 0.00721 e. The molecule has 2 N–H and O–H groups in total. The minimum atomic E-state index is 0.272. The molecule has 0 aliphatic heterocycles. The molecule has 0 bridgehead atoms. The van der Waals surface area contributed by atoms with Gasteiger partial charge in [-0.15, -0.1) is 0 Å². The van der Waals surface area contributed by atoms with E-state index in [0.717, 1.165) is 19.4 Å². The Morgan fingerprint density at radius 1 is 1.11 bits per heavy atom. The van der Waals surface area contributed by atoms with Gasteiger partial charge in [0, 0.05) is 0 Å². The van der Waals surface area contributed by atoms with Gasteiger partial charge in [-0.3, -0.25) is 0 Å². The number of benzene rings is 1. The van der Waals surface area contributed by atoms with E-state index in [4.69, 9.17) is 5.73 Å². The van der Waals surface area contributed by atoms with Gasteiger partial charge in [-0.2, -0.15) is 0 Å². The summed E-state index contributed by atoms with van der Waals surface area (Å²) >= 11 is 0. The minimum Gasteiger partial charge on any atom is -0.330 e. The van der Waals surface area contributed by atoms with E-state index < -0.39 is 0 Å². The van der Waals surface area contributed by atoms with E-state index in [1.165, 1.54) is 17.5 Å². The van der Waals surface area contributed by atoms with Gasteiger partial charge in [0.2, 0.25) is 0 Å². The number of hydrogen-bond acceptors (Lipinski definition) is 1. The quantitative estimate of drug-likeness (QED) is 0.797. The lowest BCUT2D eigenvalue weighted by Gasteiger charge is -2.27. The van der Waals surface area contributed by atoms with Gasteiger partial charge in [-0.05, 0) is 47.8 Å². The van der Waals surface area contributed by atoms with Crippen molar-refractivity contribution in [3.63, 3.8) is 0 Å². The molecule has 0 aliphatic rings. The summed E-state index contributed by atoms with van der Waals surface area (Å²) in [6.45, 7) is 12.3. The van der Waals surface area contributed by atoms with Crippen molar-refractivity contribution in [2.45, 2.75) is 59.3 Å². The van der Waals surface area contributed by atoms with Crippen molar-refractivity contribution >= 4 is 0 Å². The summed E-state index contributed by atoms with van der Waals surface area (Å²) in [5.74, 6) is 0. The molecule has 0 heterocycles. The Balaban J connectivity index is 2.89. The van der Waals surface area contributed by atoms with Gasteiger partial charge in [-0.25, -0.2) is 0 Å². The van der Waals surface area contributed by atoms with E-state index in [0.29, 0.717) is 5.41 Å². The average molecular weight is 247 g/mol. The van der Waals surface area contributed by atoms with Crippen molar-refractivity contribution in [1.29, 1.82) is 0 Å². The molecule has 0 atom stereocenters. The molecule has 1 heteroatoms. The molecule has 1 aromatic carbocycles. The van der Waals surface area contributed by atoms with Crippen molar-refractivity contribution in [1.82, 2.24) is 0 Å². The molecular weight excluding hydrogens is 218 g/mol. The first-order valence-corrected chi connectivity index (χ1v) is 7.10. The fourth-order valence-electron chi connectivity index (χ4n) is 2.34. The molecule has 0 radical (unpaired) electrons. The number of nitrogens with two attached hydrogens (primary N) is 1. The Hall–Kier alpha value is -0.820. The van der Waals surface area contributed by atoms with Gasteiger partial charge in [0.25, 0.3) is 0 Å². The minimum absolute atomic E-state index is 0.272. The molecule has 1 nitrogen and oxygen atoms in total. The van der Waals surface area contributed by atoms with Gasteiger partial charge in [0.05, 0.1) is 0 Å². The molecule has 0 saturated heterocycles. The van der Waals surface area contributed by atoms with Gasteiger partial charge >= 0.3 is 0 Å². The van der Waals surface area contributed by atoms with E-state index in [1.54, 1.807) is 0 Å². The molecule has 0 saturated carbocycles. The van der Waals surface area contributed by atoms with Crippen LogP contribution in [0.2, 0.25) is 0 Å². The van der Waals surface area contributed by atoms with Crippen LogP contribution in [0.3, 0.4) is 0 Å². The third kappa shape index (κ3) is 4.13. The van der Waals surface area contributed by atoms with Gasteiger partial charge in [0.1, 0.15) is 0 Å². The predicted molar refractivity (Wildman–Crippen MR) is 80.9 cm³/mol. The van der Waals surface area contributed by atoms with Crippen molar-refractivity contribution in [2.24, 2.45) is 11.1 Å². The summed E-state index contributed by atoms with van der Waals surface area (Å²) in [5, 5.41) is 0. The van der Waals surface area contributed by atoms with Gasteiger partial charge < -0.3 is 5.73 Å². The third-order valence-electron chi connectivity index (χ3n) is 4.10. The topological polar surface area (TPSA) is 26.0 Å². The fourth-order valence-corrected chi connectivity index (χ4v) is 2.34. The maximum Gasteiger partial charge on any atom is -0.00721 e. The summed E-state index contributed by atoms with van der Waals surface area (Å²) in [5.41, 5.74) is 9.14. The largest absolute Gasteiger partial charge is 0.330 e. The van der Waals surface area contributed by atoms with Crippen LogP contribution in [0.25, 0.3) is 0 Å². The number of rotatable bonds is 6. The Morgan fingerprint density at radius 2 is 1.78 bits per heavy atom. The lowest BCUT2D eigenvalue weighted by molar-refractivity contribution is 0.338. The van der Waals surface area contributed by atoms with E-state index in [2.05, 4.69) is 58.9 Å². The predicted octanol–water partition coefficient (Wildman–Crippen LogP) is 4.29. The summed E-state index contributed by atoms with van der Waals surface area (Å²) in [6, 6.07) is 9.07. The highest BCUT2D eigenvalue weighted by molar-refractivity contribution is 5.29. The van der Waals surface area contributed by atoms with Crippen LogP contribution in [0.1, 0.15) is 58.6 Å². The van der Waals surface area contributed by atoms with Crippen molar-refractivity contribution in [3.05, 3.63) is 35.4 Å². The molecule has 0 aliphatic carbocycles. The summed E-state index contributed by atoms with van der Waals surface area (Å²) in [7, 11) is 0. The Bertz CT molecular complexity index is 377. The zero-order chi connectivity index (χ0) is 13.8. The van der Waals surface area contributed by atoms with E-state index in [9.17, 15) is 0 Å². The molecule has 0 spiro atoms. The van der Waals surface area contributed by atoms with Crippen LogP contribution in [0.5, 0.6) is 0 Å². The second kappa shape index (κ2) is 5.88. The van der Waals surface area contributed by atoms with E-state index >= 15 is 0 Å². The maximum atomic E-state index is 5.69. The third-order valence-corrected chi connectivity index (χ3v) is 4.10. The first-order chi connectivity index (χ1) is 8.30. The van der Waals surface area contributed by atoms with Crippen molar-refractivity contribution in [2.75, 3.05) is 6.54 Å². The number of hydrogen-bond donors (Lipinski definition) is 1. The molecule has 18 heavy (non-hydrogen) atoms. The molecule has 0 fully saturated rings. The lowest BCUT2D eigenvalue weighted by Crippen LogP contribution is -2.20. The summed E-state index contributed by atoms with van der Waals surface area (Å²) in [4.78, 5) is 0. The summed E-state index contributed by atoms with van der Waals surface area (Å²) < 4.78 is 0. The molecule has 0 amide bonds. The summed E-state index contributed by atoms with van der Waals surface area (Å²) in [6.07, 6.45) is 3.36. The molecular formula is C17H29N. The SMILES string of the molecule is CCC(C)(C)c1cccc(CC(C)(C)CCN)c1. The highest BCUT2D eigenvalue weighted by Gasteiger charge is 2.21. The van der Waals surface area contributed by atoms with Crippen LogP contribution in [-0.4, -0.2) is 6.54 Å². The molecule has 1 rings (SSSR count). The zero-order valence-corrected chi connectivity index (χ0v) is 12.7. The van der Waals surface area contributed by atoms with Crippen molar-refractivity contribution in [3.8, 4) is 0 Å². The van der Waals surface area contributed by atoms with Crippen LogP contribution in [0.15, 0.2) is 24.3 Å². The second-order valence-corrected chi connectivity index (χ2v) is 6.82. The first kappa shape index (κ1) is 15.2. The Morgan fingerprint density at radius 3 is 2.33 bits per heavy atom. The Labute approximate surface area is 113 Å². The lowest BCUT2D eigenvalue weighted by atomic mass is 9.78. The van der Waals surface area contributed by atoms with Crippen LogP contribution >= 0.6 is 0 Å². The zero-order valence-electron chi connectivity index (χ0n) is 12.7. The van der Waals surface area contributed by atoms with Crippen LogP contribution < -0.4 is 5.73 Å². The highest BCUT2D eigenvalue weighted by Crippen LogP contribution is 2.30. The molecule has 0 aromatic heterocycles. The van der Waals surface area contributed by atoms with Crippen LogP contribution in [-0.2, 0) is 11.8 Å². The van der Waals surface area contributed by atoms with Crippen LogP contribution in [0.4, 0.5) is 0 Å². The molecule has 102 valence electrons. The highest BCUT2D eigenvalue weighted by atomic mass is 14.5. The molecule has 1 aromatic rings. The van der Waals surface area contributed by atoms with Gasteiger partial charge in [0.15, 0.2) is 0 Å². The standard InChI is InChI=1S/C17H29N/c1-6-17(4,5)15-9-7-8-14(12-15)13-16(2,3)10-11-18/h7-9,12H,6,10-11,13,18H2,1-5H3.